The highest BCUT2D eigenvalue weighted by Crippen LogP contribution is 2.44. The van der Waals surface area contributed by atoms with Gasteiger partial charge in [-0.2, -0.15) is 18.3 Å². The molecule has 7 nitrogen and oxygen atoms in total. The lowest BCUT2D eigenvalue weighted by Crippen LogP contribution is -2.26. The highest BCUT2D eigenvalue weighted by molar-refractivity contribution is 7.17. The molecule has 1 N–H and O–H groups in total. The number of aromatic nitrogens is 3. The fourth-order valence-electron chi connectivity index (χ4n) is 5.04. The second-order valence-electron chi connectivity index (χ2n) is 10.9. The predicted octanol–water partition coefficient (Wildman–Crippen LogP) is 7.06. The number of amides is 1. The van der Waals surface area contributed by atoms with Gasteiger partial charge in [-0.3, -0.25) is 4.79 Å². The van der Waals surface area contributed by atoms with Crippen LogP contribution in [0.25, 0.3) is 16.9 Å². The summed E-state index contributed by atoms with van der Waals surface area (Å²) in [6.45, 7) is 8.42. The van der Waals surface area contributed by atoms with E-state index in [1.165, 1.54) is 17.4 Å². The van der Waals surface area contributed by atoms with Gasteiger partial charge in [0, 0.05) is 16.5 Å². The third-order valence-electron chi connectivity index (χ3n) is 7.22. The fraction of sp³-hybridized carbons (Fsp3) is 0.379. The lowest BCUT2D eigenvalue weighted by molar-refractivity contribution is -0.142. The summed E-state index contributed by atoms with van der Waals surface area (Å²) in [4.78, 5) is 31.6. The van der Waals surface area contributed by atoms with Crippen LogP contribution in [0.5, 0.6) is 0 Å². The number of hydrogen-bond donors (Lipinski definition) is 1. The zero-order valence-corrected chi connectivity index (χ0v) is 23.4. The number of carbonyl (C=O) groups excluding carboxylic acids is 2. The number of fused-ring (bicyclic) bond motifs is 2. The summed E-state index contributed by atoms with van der Waals surface area (Å²) in [5.74, 6) is -0.870. The number of nitrogens with one attached hydrogen (secondary N) is 1. The minimum atomic E-state index is -4.74. The van der Waals surface area contributed by atoms with Crippen molar-refractivity contribution in [2.45, 2.75) is 53.1 Å². The van der Waals surface area contributed by atoms with Gasteiger partial charge in [0.15, 0.2) is 17.0 Å². The largest absolute Gasteiger partial charge is 0.462 e. The minimum Gasteiger partial charge on any atom is -0.462 e. The van der Waals surface area contributed by atoms with Crippen molar-refractivity contribution in [3.05, 3.63) is 69.9 Å². The Morgan fingerprint density at radius 3 is 2.52 bits per heavy atom. The molecule has 40 heavy (non-hydrogen) atoms. The summed E-state index contributed by atoms with van der Waals surface area (Å²) in [5.41, 5.74) is 0.431. The molecule has 0 spiro atoms. The van der Waals surface area contributed by atoms with Gasteiger partial charge in [0.25, 0.3) is 5.91 Å². The maximum absolute atomic E-state index is 14.0. The molecule has 0 unspecified atom stereocenters. The molecule has 1 atom stereocenters. The van der Waals surface area contributed by atoms with Crippen molar-refractivity contribution in [2.75, 3.05) is 11.9 Å². The Hall–Kier alpha value is -3.73. The number of nitrogens with zero attached hydrogens (tertiary/aromatic N) is 3. The van der Waals surface area contributed by atoms with Crippen LogP contribution < -0.4 is 5.32 Å². The highest BCUT2D eigenvalue weighted by atomic mass is 32.1. The number of rotatable bonds is 5. The molecular weight excluding hydrogens is 541 g/mol. The van der Waals surface area contributed by atoms with E-state index in [0.717, 1.165) is 29.3 Å². The molecule has 210 valence electrons. The first-order valence-electron chi connectivity index (χ1n) is 13.0. The van der Waals surface area contributed by atoms with Gasteiger partial charge >= 0.3 is 12.1 Å². The van der Waals surface area contributed by atoms with E-state index in [1.807, 2.05) is 0 Å². The third kappa shape index (κ3) is 5.34. The Morgan fingerprint density at radius 1 is 1.15 bits per heavy atom. The first-order valence-corrected chi connectivity index (χ1v) is 13.8. The summed E-state index contributed by atoms with van der Waals surface area (Å²) in [5, 5.41) is 7.01. The van der Waals surface area contributed by atoms with E-state index >= 15 is 0 Å². The predicted molar refractivity (Wildman–Crippen MR) is 147 cm³/mol. The molecule has 0 bridgehead atoms. The topological polar surface area (TPSA) is 85.6 Å². The van der Waals surface area contributed by atoms with Crippen LogP contribution >= 0.6 is 11.3 Å². The lowest BCUT2D eigenvalue weighted by Gasteiger charge is -2.33. The Kier molecular flexibility index (Phi) is 7.20. The van der Waals surface area contributed by atoms with Gasteiger partial charge in [-0.1, -0.05) is 51.1 Å². The summed E-state index contributed by atoms with van der Waals surface area (Å²) in [6.07, 6.45) is -2.40. The number of halogens is 3. The summed E-state index contributed by atoms with van der Waals surface area (Å²) < 4.78 is 47.9. The molecule has 0 aliphatic heterocycles. The van der Waals surface area contributed by atoms with Crippen LogP contribution in [0.4, 0.5) is 18.2 Å². The molecule has 11 heteroatoms. The maximum Gasteiger partial charge on any atom is 0.433 e. The quantitative estimate of drug-likeness (QED) is 0.260. The highest BCUT2D eigenvalue weighted by Gasteiger charge is 2.37. The van der Waals surface area contributed by atoms with E-state index in [1.54, 1.807) is 37.3 Å². The van der Waals surface area contributed by atoms with Crippen molar-refractivity contribution in [3.8, 4) is 11.3 Å². The molecule has 1 aromatic carbocycles. The number of anilines is 1. The third-order valence-corrected chi connectivity index (χ3v) is 8.39. The summed E-state index contributed by atoms with van der Waals surface area (Å²) in [6, 6.07) is 10.6. The van der Waals surface area contributed by atoms with Gasteiger partial charge in [-0.05, 0) is 49.1 Å². The zero-order valence-electron chi connectivity index (χ0n) is 22.6. The number of carbonyl (C=O) groups is 2. The number of hydrogen-bond acceptors (Lipinski definition) is 6. The molecule has 1 amide bonds. The van der Waals surface area contributed by atoms with Gasteiger partial charge < -0.3 is 10.1 Å². The average molecular weight is 571 g/mol. The Bertz CT molecular complexity index is 1590. The SMILES string of the molecule is CCOC(=O)c1c(NC(=O)c2cc3nc(-c4ccccc4)cc(C(F)(F)F)n3n2)sc2c1CC[C@@H](C(C)(C)C)C2. The fourth-order valence-corrected chi connectivity index (χ4v) is 6.35. The van der Waals surface area contributed by atoms with Crippen molar-refractivity contribution in [1.29, 1.82) is 0 Å². The molecule has 4 aromatic rings. The summed E-state index contributed by atoms with van der Waals surface area (Å²) in [7, 11) is 0. The van der Waals surface area contributed by atoms with Gasteiger partial charge in [-0.15, -0.1) is 11.3 Å². The number of ether oxygens (including phenoxy) is 1. The van der Waals surface area contributed by atoms with E-state index in [4.69, 9.17) is 4.74 Å². The molecule has 0 saturated heterocycles. The zero-order chi connectivity index (χ0) is 28.8. The van der Waals surface area contributed by atoms with E-state index in [2.05, 4.69) is 36.2 Å². The van der Waals surface area contributed by atoms with Crippen molar-refractivity contribution in [2.24, 2.45) is 11.3 Å². The van der Waals surface area contributed by atoms with E-state index in [0.29, 0.717) is 33.0 Å². The van der Waals surface area contributed by atoms with Crippen LogP contribution in [0.15, 0.2) is 42.5 Å². The van der Waals surface area contributed by atoms with E-state index in [9.17, 15) is 22.8 Å². The van der Waals surface area contributed by atoms with E-state index in [-0.39, 0.29) is 29.1 Å². The van der Waals surface area contributed by atoms with Gasteiger partial charge in [0.05, 0.1) is 17.9 Å². The number of esters is 1. The van der Waals surface area contributed by atoms with E-state index < -0.39 is 23.7 Å². The van der Waals surface area contributed by atoms with Crippen LogP contribution in [0, 0.1) is 11.3 Å². The molecule has 3 aromatic heterocycles. The lowest BCUT2D eigenvalue weighted by atomic mass is 9.72. The van der Waals surface area contributed by atoms with Crippen LogP contribution in [0.3, 0.4) is 0 Å². The first kappa shape index (κ1) is 27.8. The molecule has 0 saturated carbocycles. The Morgan fingerprint density at radius 2 is 1.88 bits per heavy atom. The standard InChI is InChI=1S/C29H29F3N4O3S/c1-5-39-27(38)24-18-12-11-17(28(2,3)4)13-21(18)40-26(24)34-25(37)20-15-23-33-19(16-9-7-6-8-10-16)14-22(29(30,31)32)36(23)35-20/h6-10,14-15,17H,5,11-13H2,1-4H3,(H,34,37)/t17-/m1/s1. The molecule has 0 fully saturated rings. The van der Waals surface area contributed by atoms with Crippen LogP contribution in [0.2, 0.25) is 0 Å². The van der Waals surface area contributed by atoms with Crippen LogP contribution in [-0.4, -0.2) is 33.1 Å². The second-order valence-corrected chi connectivity index (χ2v) is 12.0. The molecule has 5 rings (SSSR count). The number of thiophene rings is 1. The number of alkyl halides is 3. The smallest absolute Gasteiger partial charge is 0.433 e. The normalized spacial score (nSPS) is 15.6. The minimum absolute atomic E-state index is 0.0769. The molecule has 0 radical (unpaired) electrons. The maximum atomic E-state index is 14.0. The molecular formula is C29H29F3N4O3S. The van der Waals surface area contributed by atoms with Gasteiger partial charge in [-0.25, -0.2) is 14.3 Å². The molecule has 1 aliphatic carbocycles. The molecule has 3 heterocycles. The van der Waals surface area contributed by atoms with Gasteiger partial charge in [0.1, 0.15) is 5.00 Å². The van der Waals surface area contributed by atoms with Crippen molar-refractivity contribution in [3.63, 3.8) is 0 Å². The van der Waals surface area contributed by atoms with Crippen molar-refractivity contribution < 1.29 is 27.5 Å². The first-order chi connectivity index (χ1) is 18.9. The number of benzene rings is 1. The van der Waals surface area contributed by atoms with Gasteiger partial charge in [0.2, 0.25) is 0 Å². The van der Waals surface area contributed by atoms with Crippen LogP contribution in [0.1, 0.15) is 71.1 Å². The average Bonchev–Trinajstić information content (AvgIpc) is 3.48. The second kappa shape index (κ2) is 10.3. The Balaban J connectivity index is 1.53. The van der Waals surface area contributed by atoms with Crippen LogP contribution in [-0.2, 0) is 23.8 Å². The van der Waals surface area contributed by atoms with Crippen molar-refractivity contribution >= 4 is 33.9 Å². The monoisotopic (exact) mass is 570 g/mol. The Labute approximate surface area is 233 Å². The summed E-state index contributed by atoms with van der Waals surface area (Å²) >= 11 is 1.31. The van der Waals surface area contributed by atoms with Crippen molar-refractivity contribution in [1.82, 2.24) is 14.6 Å². The molecule has 1 aliphatic rings.